The number of aliphatic hydroxyl groups excluding tert-OH is 1. The Balaban J connectivity index is 2.18. The van der Waals surface area contributed by atoms with Crippen molar-refractivity contribution >= 4 is 5.91 Å². The SMILES string of the molecule is CC(O)CC1CCCN1C(=O)c1ccn(C)c(=O)c1. The summed E-state index contributed by atoms with van der Waals surface area (Å²) >= 11 is 0. The maximum Gasteiger partial charge on any atom is 0.254 e. The predicted octanol–water partition coefficient (Wildman–Crippen LogP) is 0.761. The van der Waals surface area contributed by atoms with Crippen LogP contribution < -0.4 is 5.56 Å². The summed E-state index contributed by atoms with van der Waals surface area (Å²) in [5, 5.41) is 9.47. The van der Waals surface area contributed by atoms with Gasteiger partial charge in [-0.25, -0.2) is 0 Å². The molecular formula is C14H20N2O3. The molecule has 1 aromatic heterocycles. The highest BCUT2D eigenvalue weighted by atomic mass is 16.3. The maximum absolute atomic E-state index is 12.4. The average Bonchev–Trinajstić information content (AvgIpc) is 2.79. The lowest BCUT2D eigenvalue weighted by atomic mass is 10.1. The standard InChI is InChI=1S/C14H20N2O3/c1-10(17)8-12-4-3-6-16(12)14(19)11-5-7-15(2)13(18)9-11/h5,7,9-10,12,17H,3-4,6,8H2,1-2H3. The molecule has 2 rings (SSSR count). The number of amides is 1. The van der Waals surface area contributed by atoms with Crippen molar-refractivity contribution in [3.05, 3.63) is 34.2 Å². The maximum atomic E-state index is 12.4. The van der Waals surface area contributed by atoms with E-state index in [1.54, 1.807) is 31.1 Å². The van der Waals surface area contributed by atoms with Crippen LogP contribution in [0.4, 0.5) is 0 Å². The van der Waals surface area contributed by atoms with E-state index in [2.05, 4.69) is 0 Å². The number of carbonyl (C=O) groups excluding carboxylic acids is 1. The number of carbonyl (C=O) groups is 1. The largest absolute Gasteiger partial charge is 0.393 e. The van der Waals surface area contributed by atoms with Crippen LogP contribution in [0.5, 0.6) is 0 Å². The first-order valence-corrected chi connectivity index (χ1v) is 6.64. The van der Waals surface area contributed by atoms with Gasteiger partial charge >= 0.3 is 0 Å². The molecule has 5 heteroatoms. The molecule has 2 unspecified atom stereocenters. The fourth-order valence-corrected chi connectivity index (χ4v) is 2.59. The molecular weight excluding hydrogens is 244 g/mol. The van der Waals surface area contributed by atoms with Gasteiger partial charge in [0.15, 0.2) is 0 Å². The summed E-state index contributed by atoms with van der Waals surface area (Å²) in [4.78, 5) is 25.7. The number of hydrogen-bond acceptors (Lipinski definition) is 3. The number of hydrogen-bond donors (Lipinski definition) is 1. The Labute approximate surface area is 112 Å². The zero-order valence-corrected chi connectivity index (χ0v) is 11.4. The minimum absolute atomic E-state index is 0.0801. The normalized spacial score (nSPS) is 20.6. The van der Waals surface area contributed by atoms with Crippen molar-refractivity contribution in [1.82, 2.24) is 9.47 Å². The molecule has 0 radical (unpaired) electrons. The molecule has 0 aromatic carbocycles. The highest BCUT2D eigenvalue weighted by Gasteiger charge is 2.30. The first-order chi connectivity index (χ1) is 8.99. The van der Waals surface area contributed by atoms with E-state index in [0.717, 1.165) is 12.8 Å². The van der Waals surface area contributed by atoms with E-state index in [1.165, 1.54) is 10.6 Å². The van der Waals surface area contributed by atoms with Gasteiger partial charge in [-0.05, 0) is 32.3 Å². The molecule has 5 nitrogen and oxygen atoms in total. The third-order valence-electron chi connectivity index (χ3n) is 3.60. The summed E-state index contributed by atoms with van der Waals surface area (Å²) in [6, 6.07) is 3.12. The molecule has 1 aromatic rings. The van der Waals surface area contributed by atoms with Crippen molar-refractivity contribution < 1.29 is 9.90 Å². The number of aromatic nitrogens is 1. The summed E-state index contributed by atoms with van der Waals surface area (Å²) in [6.45, 7) is 2.44. The van der Waals surface area contributed by atoms with Crippen LogP contribution in [0.2, 0.25) is 0 Å². The molecule has 1 aliphatic rings. The topological polar surface area (TPSA) is 62.5 Å². The van der Waals surface area contributed by atoms with Crippen molar-refractivity contribution in [2.75, 3.05) is 6.54 Å². The van der Waals surface area contributed by atoms with E-state index in [1.807, 2.05) is 0 Å². The van der Waals surface area contributed by atoms with Crippen LogP contribution in [0, 0.1) is 0 Å². The first-order valence-electron chi connectivity index (χ1n) is 6.64. The van der Waals surface area contributed by atoms with Gasteiger partial charge in [0.1, 0.15) is 0 Å². The second-order valence-corrected chi connectivity index (χ2v) is 5.24. The molecule has 104 valence electrons. The van der Waals surface area contributed by atoms with Gasteiger partial charge in [0.25, 0.3) is 11.5 Å². The fourth-order valence-electron chi connectivity index (χ4n) is 2.59. The predicted molar refractivity (Wildman–Crippen MR) is 72.0 cm³/mol. The van der Waals surface area contributed by atoms with Crippen LogP contribution in [0.1, 0.15) is 36.5 Å². The minimum atomic E-state index is -0.415. The Morgan fingerprint density at radius 1 is 1.58 bits per heavy atom. The van der Waals surface area contributed by atoms with Gasteiger partial charge in [0.2, 0.25) is 0 Å². The molecule has 1 fully saturated rings. The van der Waals surface area contributed by atoms with E-state index >= 15 is 0 Å². The van der Waals surface area contributed by atoms with Gasteiger partial charge < -0.3 is 14.6 Å². The quantitative estimate of drug-likeness (QED) is 0.876. The zero-order valence-electron chi connectivity index (χ0n) is 11.4. The van der Waals surface area contributed by atoms with Crippen LogP contribution in [-0.2, 0) is 7.05 Å². The van der Waals surface area contributed by atoms with E-state index in [-0.39, 0.29) is 17.5 Å². The third kappa shape index (κ3) is 3.04. The van der Waals surface area contributed by atoms with Gasteiger partial charge in [-0.2, -0.15) is 0 Å². The van der Waals surface area contributed by atoms with Crippen molar-refractivity contribution in [3.8, 4) is 0 Å². The Morgan fingerprint density at radius 2 is 2.32 bits per heavy atom. The number of likely N-dealkylation sites (tertiary alicyclic amines) is 1. The molecule has 1 saturated heterocycles. The molecule has 2 heterocycles. The van der Waals surface area contributed by atoms with Crippen LogP contribution in [0.25, 0.3) is 0 Å². The highest BCUT2D eigenvalue weighted by molar-refractivity contribution is 5.94. The van der Waals surface area contributed by atoms with Crippen molar-refractivity contribution in [2.24, 2.45) is 7.05 Å². The molecule has 1 amide bonds. The smallest absolute Gasteiger partial charge is 0.254 e. The van der Waals surface area contributed by atoms with Gasteiger partial charge in [-0.1, -0.05) is 0 Å². The number of pyridine rings is 1. The molecule has 0 spiro atoms. The molecule has 19 heavy (non-hydrogen) atoms. The molecule has 2 atom stereocenters. The van der Waals surface area contributed by atoms with E-state index in [4.69, 9.17) is 0 Å². The molecule has 0 saturated carbocycles. The van der Waals surface area contributed by atoms with Crippen LogP contribution in [0.3, 0.4) is 0 Å². The number of nitrogens with zero attached hydrogens (tertiary/aromatic N) is 2. The molecule has 0 aliphatic carbocycles. The monoisotopic (exact) mass is 264 g/mol. The summed E-state index contributed by atoms with van der Waals surface area (Å²) < 4.78 is 1.44. The third-order valence-corrected chi connectivity index (χ3v) is 3.60. The second kappa shape index (κ2) is 5.57. The lowest BCUT2D eigenvalue weighted by molar-refractivity contribution is 0.0681. The lowest BCUT2D eigenvalue weighted by Gasteiger charge is -2.25. The number of rotatable bonds is 3. The lowest BCUT2D eigenvalue weighted by Crippen LogP contribution is -2.37. The van der Waals surface area contributed by atoms with E-state index in [0.29, 0.717) is 18.5 Å². The summed E-state index contributed by atoms with van der Waals surface area (Å²) in [5.41, 5.74) is 0.248. The fraction of sp³-hybridized carbons (Fsp3) is 0.571. The summed E-state index contributed by atoms with van der Waals surface area (Å²) in [6.07, 6.45) is 3.66. The van der Waals surface area contributed by atoms with Crippen molar-refractivity contribution in [1.29, 1.82) is 0 Å². The van der Waals surface area contributed by atoms with Gasteiger partial charge in [0.05, 0.1) is 6.10 Å². The molecule has 1 N–H and O–H groups in total. The van der Waals surface area contributed by atoms with Gasteiger partial charge in [-0.15, -0.1) is 0 Å². The highest BCUT2D eigenvalue weighted by Crippen LogP contribution is 2.23. The zero-order chi connectivity index (χ0) is 14.0. The van der Waals surface area contributed by atoms with Crippen molar-refractivity contribution in [3.63, 3.8) is 0 Å². The van der Waals surface area contributed by atoms with Gasteiger partial charge in [0, 0.05) is 37.5 Å². The Morgan fingerprint density at radius 3 is 2.95 bits per heavy atom. The van der Waals surface area contributed by atoms with E-state index < -0.39 is 6.10 Å². The molecule has 0 bridgehead atoms. The Hall–Kier alpha value is -1.62. The van der Waals surface area contributed by atoms with Crippen molar-refractivity contribution in [2.45, 2.75) is 38.3 Å². The molecule has 1 aliphatic heterocycles. The van der Waals surface area contributed by atoms with E-state index in [9.17, 15) is 14.7 Å². The van der Waals surface area contributed by atoms with Crippen LogP contribution in [0.15, 0.2) is 23.1 Å². The number of aliphatic hydroxyl groups is 1. The second-order valence-electron chi connectivity index (χ2n) is 5.24. The summed E-state index contributed by atoms with van der Waals surface area (Å²) in [5.74, 6) is -0.110. The van der Waals surface area contributed by atoms with Crippen LogP contribution in [-0.4, -0.2) is 39.2 Å². The van der Waals surface area contributed by atoms with Gasteiger partial charge in [-0.3, -0.25) is 9.59 Å². The Kier molecular flexibility index (Phi) is 4.04. The Bertz CT molecular complexity index is 522. The average molecular weight is 264 g/mol. The minimum Gasteiger partial charge on any atom is -0.393 e. The summed E-state index contributed by atoms with van der Waals surface area (Å²) in [7, 11) is 1.66. The van der Waals surface area contributed by atoms with Crippen LogP contribution >= 0.6 is 0 Å². The number of aryl methyl sites for hydroxylation is 1. The first kappa shape index (κ1) is 13.8.